The van der Waals surface area contributed by atoms with Crippen LogP contribution in [0, 0.1) is 6.92 Å². The van der Waals surface area contributed by atoms with Crippen molar-refractivity contribution in [1.82, 2.24) is 25.0 Å². The van der Waals surface area contributed by atoms with Crippen LogP contribution in [0.4, 0.5) is 0 Å². The molecule has 0 unspecified atom stereocenters. The third-order valence-corrected chi connectivity index (χ3v) is 5.66. The molecule has 0 radical (unpaired) electrons. The average Bonchev–Trinajstić information content (AvgIpc) is 3.05. The molecule has 28 heavy (non-hydrogen) atoms. The van der Waals surface area contributed by atoms with Gasteiger partial charge in [-0.3, -0.25) is 14.4 Å². The van der Waals surface area contributed by atoms with Crippen LogP contribution in [0.25, 0.3) is 11.0 Å². The SMILES string of the molecule is Cc1cc(C(=O)N[C@@H]2CCN(Cc3ccccc3)[C@@H](C)C2)c2cnn(C)c2n1. The number of hydrogen-bond donors (Lipinski definition) is 1. The lowest BCUT2D eigenvalue weighted by atomic mass is 9.97. The van der Waals surface area contributed by atoms with Crippen LogP contribution in [0.2, 0.25) is 0 Å². The molecule has 4 rings (SSSR count). The first-order valence-electron chi connectivity index (χ1n) is 9.89. The van der Waals surface area contributed by atoms with E-state index in [2.05, 4.69) is 57.6 Å². The Hall–Kier alpha value is -2.73. The van der Waals surface area contributed by atoms with Gasteiger partial charge in [0.1, 0.15) is 0 Å². The van der Waals surface area contributed by atoms with Crippen LogP contribution < -0.4 is 5.32 Å². The summed E-state index contributed by atoms with van der Waals surface area (Å²) in [5, 5.41) is 8.31. The summed E-state index contributed by atoms with van der Waals surface area (Å²) < 4.78 is 1.71. The van der Waals surface area contributed by atoms with Gasteiger partial charge in [0.2, 0.25) is 0 Å². The van der Waals surface area contributed by atoms with E-state index in [1.807, 2.05) is 20.0 Å². The summed E-state index contributed by atoms with van der Waals surface area (Å²) in [4.78, 5) is 20.0. The molecule has 0 spiro atoms. The van der Waals surface area contributed by atoms with E-state index in [0.29, 0.717) is 11.6 Å². The fourth-order valence-corrected chi connectivity index (χ4v) is 4.10. The molecular formula is C22H27N5O. The van der Waals surface area contributed by atoms with Crippen LogP contribution >= 0.6 is 0 Å². The zero-order valence-corrected chi connectivity index (χ0v) is 16.7. The maximum Gasteiger partial charge on any atom is 0.252 e. The van der Waals surface area contributed by atoms with Gasteiger partial charge in [-0.25, -0.2) is 4.98 Å². The number of aromatic nitrogens is 3. The number of likely N-dealkylation sites (tertiary alicyclic amines) is 1. The second-order valence-corrected chi connectivity index (χ2v) is 7.82. The summed E-state index contributed by atoms with van der Waals surface area (Å²) in [7, 11) is 1.85. The number of hydrogen-bond acceptors (Lipinski definition) is 4. The van der Waals surface area contributed by atoms with Gasteiger partial charge >= 0.3 is 0 Å². The van der Waals surface area contributed by atoms with Gasteiger partial charge in [-0.1, -0.05) is 30.3 Å². The Labute approximate surface area is 165 Å². The minimum Gasteiger partial charge on any atom is -0.349 e. The van der Waals surface area contributed by atoms with Gasteiger partial charge in [0.05, 0.1) is 17.1 Å². The van der Waals surface area contributed by atoms with Crippen molar-refractivity contribution in [3.05, 3.63) is 59.4 Å². The zero-order valence-electron chi connectivity index (χ0n) is 16.7. The maximum absolute atomic E-state index is 13.0. The molecule has 1 aromatic carbocycles. The van der Waals surface area contributed by atoms with Gasteiger partial charge in [-0.2, -0.15) is 5.10 Å². The first-order valence-corrected chi connectivity index (χ1v) is 9.89. The molecule has 1 fully saturated rings. The molecule has 146 valence electrons. The van der Waals surface area contributed by atoms with Crippen molar-refractivity contribution in [2.75, 3.05) is 6.54 Å². The highest BCUT2D eigenvalue weighted by molar-refractivity contribution is 6.05. The minimum absolute atomic E-state index is 0.0304. The molecule has 1 aliphatic heterocycles. The minimum atomic E-state index is -0.0304. The van der Waals surface area contributed by atoms with Crippen molar-refractivity contribution in [3.8, 4) is 0 Å². The molecule has 1 aliphatic rings. The van der Waals surface area contributed by atoms with Gasteiger partial charge in [0.25, 0.3) is 5.91 Å². The Morgan fingerprint density at radius 3 is 2.82 bits per heavy atom. The van der Waals surface area contributed by atoms with Gasteiger partial charge in [-0.15, -0.1) is 0 Å². The van der Waals surface area contributed by atoms with E-state index in [-0.39, 0.29) is 11.9 Å². The van der Waals surface area contributed by atoms with Gasteiger partial charge in [-0.05, 0) is 38.3 Å². The van der Waals surface area contributed by atoms with Crippen molar-refractivity contribution < 1.29 is 4.79 Å². The number of aryl methyl sites for hydroxylation is 2. The van der Waals surface area contributed by atoms with E-state index in [4.69, 9.17) is 0 Å². The average molecular weight is 377 g/mol. The van der Waals surface area contributed by atoms with Crippen molar-refractivity contribution in [1.29, 1.82) is 0 Å². The largest absolute Gasteiger partial charge is 0.349 e. The van der Waals surface area contributed by atoms with Crippen molar-refractivity contribution in [2.24, 2.45) is 7.05 Å². The second-order valence-electron chi connectivity index (χ2n) is 7.82. The number of pyridine rings is 1. The van der Waals surface area contributed by atoms with Gasteiger partial charge < -0.3 is 5.32 Å². The molecule has 1 saturated heterocycles. The summed E-state index contributed by atoms with van der Waals surface area (Å²) >= 11 is 0. The number of nitrogens with one attached hydrogen (secondary N) is 1. The lowest BCUT2D eigenvalue weighted by molar-refractivity contribution is 0.0868. The lowest BCUT2D eigenvalue weighted by Gasteiger charge is -2.38. The number of rotatable bonds is 4. The zero-order chi connectivity index (χ0) is 19.7. The van der Waals surface area contributed by atoms with Crippen LogP contribution in [0.5, 0.6) is 0 Å². The summed E-state index contributed by atoms with van der Waals surface area (Å²) in [6.45, 7) is 6.10. The van der Waals surface area contributed by atoms with E-state index < -0.39 is 0 Å². The van der Waals surface area contributed by atoms with Crippen molar-refractivity contribution in [3.63, 3.8) is 0 Å². The Balaban J connectivity index is 1.43. The highest BCUT2D eigenvalue weighted by atomic mass is 16.1. The number of carbonyl (C=O) groups excluding carboxylic acids is 1. The van der Waals surface area contributed by atoms with Gasteiger partial charge in [0.15, 0.2) is 5.65 Å². The Kier molecular flexibility index (Phi) is 5.13. The Morgan fingerprint density at radius 2 is 2.07 bits per heavy atom. The molecule has 2 atom stereocenters. The lowest BCUT2D eigenvalue weighted by Crippen LogP contribution is -2.48. The summed E-state index contributed by atoms with van der Waals surface area (Å²) in [5.41, 5.74) is 3.57. The number of benzene rings is 1. The maximum atomic E-state index is 13.0. The molecule has 2 aromatic heterocycles. The summed E-state index contributed by atoms with van der Waals surface area (Å²) in [6.07, 6.45) is 3.64. The molecule has 6 nitrogen and oxygen atoms in total. The molecule has 0 bridgehead atoms. The van der Waals surface area contributed by atoms with Crippen LogP contribution in [-0.2, 0) is 13.6 Å². The van der Waals surface area contributed by atoms with Crippen molar-refractivity contribution >= 4 is 16.9 Å². The predicted molar refractivity (Wildman–Crippen MR) is 110 cm³/mol. The predicted octanol–water partition coefficient (Wildman–Crippen LogP) is 3.06. The van der Waals surface area contributed by atoms with E-state index in [9.17, 15) is 4.79 Å². The third kappa shape index (κ3) is 3.78. The topological polar surface area (TPSA) is 63.1 Å². The highest BCUT2D eigenvalue weighted by Gasteiger charge is 2.27. The molecule has 1 N–H and O–H groups in total. The van der Waals surface area contributed by atoms with Crippen LogP contribution in [0.15, 0.2) is 42.6 Å². The smallest absolute Gasteiger partial charge is 0.252 e. The quantitative estimate of drug-likeness (QED) is 0.759. The normalized spacial score (nSPS) is 20.4. The third-order valence-electron chi connectivity index (χ3n) is 5.66. The Morgan fingerprint density at radius 1 is 1.29 bits per heavy atom. The number of piperidine rings is 1. The molecule has 0 saturated carbocycles. The Bertz CT molecular complexity index is 981. The highest BCUT2D eigenvalue weighted by Crippen LogP contribution is 2.22. The molecular weight excluding hydrogens is 350 g/mol. The first kappa shape index (κ1) is 18.6. The molecule has 6 heteroatoms. The summed E-state index contributed by atoms with van der Waals surface area (Å²) in [6, 6.07) is 13.0. The van der Waals surface area contributed by atoms with E-state index in [0.717, 1.165) is 42.7 Å². The van der Waals surface area contributed by atoms with Gasteiger partial charge in [0, 0.05) is 37.9 Å². The fourth-order valence-electron chi connectivity index (χ4n) is 4.10. The monoisotopic (exact) mass is 377 g/mol. The van der Waals surface area contributed by atoms with E-state index in [1.165, 1.54) is 5.56 Å². The number of amides is 1. The second kappa shape index (κ2) is 7.72. The van der Waals surface area contributed by atoms with Crippen molar-refractivity contribution in [2.45, 2.75) is 45.3 Å². The first-order chi connectivity index (χ1) is 13.5. The summed E-state index contributed by atoms with van der Waals surface area (Å²) in [5.74, 6) is -0.0304. The number of carbonyl (C=O) groups is 1. The molecule has 3 heterocycles. The molecule has 0 aliphatic carbocycles. The standard InChI is InChI=1S/C22H27N5O/c1-15-11-19(20-13-23-26(3)21(20)24-15)22(28)25-18-9-10-27(16(2)12-18)14-17-7-5-4-6-8-17/h4-8,11,13,16,18H,9-10,12,14H2,1-3H3,(H,25,28)/t16-,18+/m0/s1. The number of fused-ring (bicyclic) bond motifs is 1. The van der Waals surface area contributed by atoms with Crippen LogP contribution in [-0.4, -0.2) is 44.2 Å². The van der Waals surface area contributed by atoms with Crippen LogP contribution in [0.3, 0.4) is 0 Å². The number of nitrogens with zero attached hydrogens (tertiary/aromatic N) is 4. The van der Waals surface area contributed by atoms with Crippen LogP contribution in [0.1, 0.15) is 41.4 Å². The van der Waals surface area contributed by atoms with E-state index in [1.54, 1.807) is 10.9 Å². The van der Waals surface area contributed by atoms with E-state index >= 15 is 0 Å². The molecule has 1 amide bonds. The molecule has 3 aromatic rings. The fraction of sp³-hybridized carbons (Fsp3) is 0.409.